The fourth-order valence-electron chi connectivity index (χ4n) is 0.284. The summed E-state index contributed by atoms with van der Waals surface area (Å²) in [7, 11) is 0. The van der Waals surface area contributed by atoms with Gasteiger partial charge in [-0.15, -0.1) is 0 Å². The molecule has 0 N–H and O–H groups in total. The molecule has 3 nitrogen and oxygen atoms in total. The van der Waals surface area contributed by atoms with E-state index in [0.717, 1.165) is 0 Å². The summed E-state index contributed by atoms with van der Waals surface area (Å²) >= 11 is 0. The highest BCUT2D eigenvalue weighted by Crippen LogP contribution is 1.90. The molecule has 0 saturated carbocycles. The van der Waals surface area contributed by atoms with Gasteiger partial charge in [-0.2, -0.15) is 5.32 Å². The van der Waals surface area contributed by atoms with Gasteiger partial charge in [0.2, 0.25) is 5.91 Å². The molecule has 2 amide bonds. The third-order valence-electron chi connectivity index (χ3n) is 0.762. The van der Waals surface area contributed by atoms with E-state index in [1.165, 1.54) is 6.92 Å². The summed E-state index contributed by atoms with van der Waals surface area (Å²) in [6, 6.07) is 0. The second-order valence-electron chi connectivity index (χ2n) is 2.12. The zero-order chi connectivity index (χ0) is 7.44. The van der Waals surface area contributed by atoms with Gasteiger partial charge in [-0.05, 0) is 0 Å². The van der Waals surface area contributed by atoms with Crippen LogP contribution in [-0.4, -0.2) is 11.8 Å². The first-order chi connectivity index (χ1) is 4.04. The molecule has 0 aliphatic carbocycles. The SMILES string of the molecule is CC(=O)[N]C(=O)C(C)C. The van der Waals surface area contributed by atoms with Gasteiger partial charge >= 0.3 is 0 Å². The predicted octanol–water partition coefficient (Wildman–Crippen LogP) is 0.320. The molecule has 0 heterocycles. The molecule has 0 aromatic rings. The van der Waals surface area contributed by atoms with Crippen LogP contribution in [0.1, 0.15) is 20.8 Å². The van der Waals surface area contributed by atoms with E-state index in [0.29, 0.717) is 0 Å². The monoisotopic (exact) mass is 128 g/mol. The van der Waals surface area contributed by atoms with Crippen LogP contribution in [-0.2, 0) is 9.59 Å². The fourth-order valence-corrected chi connectivity index (χ4v) is 0.284. The van der Waals surface area contributed by atoms with Crippen molar-refractivity contribution in [1.29, 1.82) is 0 Å². The number of amides is 2. The molecule has 0 rings (SSSR count). The zero-order valence-corrected chi connectivity index (χ0v) is 5.84. The molecule has 0 aliphatic rings. The van der Waals surface area contributed by atoms with E-state index < -0.39 is 5.91 Å². The summed E-state index contributed by atoms with van der Waals surface area (Å²) in [5.41, 5.74) is 0. The second kappa shape index (κ2) is 3.22. The summed E-state index contributed by atoms with van der Waals surface area (Å²) in [5, 5.41) is 3.20. The van der Waals surface area contributed by atoms with E-state index >= 15 is 0 Å². The number of nitrogens with zero attached hydrogens (tertiary/aromatic N) is 1. The standard InChI is InChI=1S/C6H10NO2/c1-4(2)6(9)7-5(3)8/h4H,1-3H3. The van der Waals surface area contributed by atoms with E-state index in [1.807, 2.05) is 0 Å². The summed E-state index contributed by atoms with van der Waals surface area (Å²) in [4.78, 5) is 20.7. The fraction of sp³-hybridized carbons (Fsp3) is 0.667. The van der Waals surface area contributed by atoms with Crippen LogP contribution in [0.5, 0.6) is 0 Å². The highest BCUT2D eigenvalue weighted by atomic mass is 16.2. The lowest BCUT2D eigenvalue weighted by Gasteiger charge is -1.98. The number of carbonyl (C=O) groups excluding carboxylic acids is 2. The molecule has 0 spiro atoms. The molecule has 0 aliphatic heterocycles. The molecular weight excluding hydrogens is 118 g/mol. The lowest BCUT2D eigenvalue weighted by Crippen LogP contribution is -2.24. The minimum atomic E-state index is -0.422. The molecule has 3 heteroatoms. The Kier molecular flexibility index (Phi) is 2.91. The van der Waals surface area contributed by atoms with Crippen LogP contribution in [0.25, 0.3) is 0 Å². The highest BCUT2D eigenvalue weighted by molar-refractivity contribution is 5.94. The molecule has 0 bridgehead atoms. The number of hydrogen-bond donors (Lipinski definition) is 0. The van der Waals surface area contributed by atoms with Gasteiger partial charge in [0.1, 0.15) is 0 Å². The number of imide groups is 1. The third kappa shape index (κ3) is 3.70. The minimum Gasteiger partial charge on any atom is -0.273 e. The summed E-state index contributed by atoms with van der Waals surface area (Å²) in [5.74, 6) is -0.940. The number of hydrogen-bond acceptors (Lipinski definition) is 2. The van der Waals surface area contributed by atoms with E-state index in [2.05, 4.69) is 5.32 Å². The van der Waals surface area contributed by atoms with Gasteiger partial charge in [0.15, 0.2) is 0 Å². The molecule has 0 fully saturated rings. The average Bonchev–Trinajstić information content (AvgIpc) is 1.63. The summed E-state index contributed by atoms with van der Waals surface area (Å²) in [6.45, 7) is 4.67. The molecule has 0 aromatic carbocycles. The third-order valence-corrected chi connectivity index (χ3v) is 0.762. The second-order valence-corrected chi connectivity index (χ2v) is 2.12. The Labute approximate surface area is 54.4 Å². The molecule has 1 radical (unpaired) electrons. The quantitative estimate of drug-likeness (QED) is 0.510. The maximum absolute atomic E-state index is 10.6. The first kappa shape index (κ1) is 8.14. The van der Waals surface area contributed by atoms with Crippen molar-refractivity contribution in [1.82, 2.24) is 5.32 Å². The molecule has 51 valence electrons. The average molecular weight is 128 g/mol. The van der Waals surface area contributed by atoms with Crippen molar-refractivity contribution in [3.8, 4) is 0 Å². The molecule has 0 saturated heterocycles. The Morgan fingerprint density at radius 1 is 1.33 bits per heavy atom. The smallest absolute Gasteiger partial charge is 0.251 e. The molecule has 9 heavy (non-hydrogen) atoms. The minimum absolute atomic E-state index is 0.172. The van der Waals surface area contributed by atoms with Crippen LogP contribution >= 0.6 is 0 Å². The summed E-state index contributed by atoms with van der Waals surface area (Å²) in [6.07, 6.45) is 0. The maximum Gasteiger partial charge on any atom is 0.251 e. The predicted molar refractivity (Wildman–Crippen MR) is 32.7 cm³/mol. The van der Waals surface area contributed by atoms with Crippen molar-refractivity contribution in [3.63, 3.8) is 0 Å². The Morgan fingerprint density at radius 3 is 1.89 bits per heavy atom. The number of rotatable bonds is 1. The maximum atomic E-state index is 10.6. The largest absolute Gasteiger partial charge is 0.273 e. The Bertz CT molecular complexity index is 129. The van der Waals surface area contributed by atoms with Crippen LogP contribution in [0.3, 0.4) is 0 Å². The van der Waals surface area contributed by atoms with Gasteiger partial charge in [0, 0.05) is 12.8 Å². The van der Waals surface area contributed by atoms with Crippen molar-refractivity contribution in [2.75, 3.05) is 0 Å². The van der Waals surface area contributed by atoms with Crippen LogP contribution in [0, 0.1) is 5.92 Å². The first-order valence-electron chi connectivity index (χ1n) is 2.80. The molecule has 0 aromatic heterocycles. The van der Waals surface area contributed by atoms with E-state index in [-0.39, 0.29) is 11.8 Å². The summed E-state index contributed by atoms with van der Waals surface area (Å²) < 4.78 is 0. The van der Waals surface area contributed by atoms with Gasteiger partial charge in [0.05, 0.1) is 0 Å². The van der Waals surface area contributed by atoms with Crippen LogP contribution in [0.2, 0.25) is 0 Å². The van der Waals surface area contributed by atoms with E-state index in [1.54, 1.807) is 13.8 Å². The molecular formula is C6H10NO2. The Balaban J connectivity index is 3.64. The van der Waals surface area contributed by atoms with Crippen LogP contribution < -0.4 is 5.32 Å². The lowest BCUT2D eigenvalue weighted by atomic mass is 10.2. The van der Waals surface area contributed by atoms with Crippen molar-refractivity contribution >= 4 is 11.8 Å². The Morgan fingerprint density at radius 2 is 1.78 bits per heavy atom. The van der Waals surface area contributed by atoms with Gasteiger partial charge in [-0.25, -0.2) is 0 Å². The van der Waals surface area contributed by atoms with Crippen molar-refractivity contribution in [2.45, 2.75) is 20.8 Å². The van der Waals surface area contributed by atoms with Crippen molar-refractivity contribution in [2.24, 2.45) is 5.92 Å². The number of carbonyl (C=O) groups is 2. The topological polar surface area (TPSA) is 48.2 Å². The van der Waals surface area contributed by atoms with E-state index in [4.69, 9.17) is 0 Å². The van der Waals surface area contributed by atoms with E-state index in [9.17, 15) is 9.59 Å². The Hall–Kier alpha value is -0.860. The molecule has 0 unspecified atom stereocenters. The van der Waals surface area contributed by atoms with Gasteiger partial charge in [-0.1, -0.05) is 13.8 Å². The highest BCUT2D eigenvalue weighted by Gasteiger charge is 2.09. The normalized spacial score (nSPS) is 9.33. The van der Waals surface area contributed by atoms with Crippen LogP contribution in [0.4, 0.5) is 0 Å². The van der Waals surface area contributed by atoms with Gasteiger partial charge in [0.25, 0.3) is 5.91 Å². The van der Waals surface area contributed by atoms with Gasteiger partial charge < -0.3 is 0 Å². The molecule has 0 atom stereocenters. The van der Waals surface area contributed by atoms with Crippen LogP contribution in [0.15, 0.2) is 0 Å². The lowest BCUT2D eigenvalue weighted by molar-refractivity contribution is -0.131. The van der Waals surface area contributed by atoms with Crippen molar-refractivity contribution in [3.05, 3.63) is 0 Å². The van der Waals surface area contributed by atoms with Gasteiger partial charge in [-0.3, -0.25) is 9.59 Å². The van der Waals surface area contributed by atoms with Crippen molar-refractivity contribution < 1.29 is 9.59 Å². The first-order valence-corrected chi connectivity index (χ1v) is 2.80. The zero-order valence-electron chi connectivity index (χ0n) is 5.84.